The number of nitrogens with zero attached hydrogens (tertiary/aromatic N) is 1. The quantitative estimate of drug-likeness (QED) is 0.616. The van der Waals surface area contributed by atoms with Crippen LogP contribution in [0.1, 0.15) is 18.1 Å². The molecule has 2 aromatic rings. The van der Waals surface area contributed by atoms with Gasteiger partial charge in [0, 0.05) is 5.56 Å². The molecule has 2 rings (SSSR count). The highest BCUT2D eigenvalue weighted by Gasteiger charge is 2.14. The van der Waals surface area contributed by atoms with Crippen LogP contribution >= 0.6 is 0 Å². The van der Waals surface area contributed by atoms with Crippen LogP contribution in [0.3, 0.4) is 0 Å². The third-order valence-electron chi connectivity index (χ3n) is 2.78. The summed E-state index contributed by atoms with van der Waals surface area (Å²) in [5, 5.41) is 0. The van der Waals surface area contributed by atoms with Crippen LogP contribution in [0.2, 0.25) is 0 Å². The number of carbonyl (C=O) groups is 1. The van der Waals surface area contributed by atoms with E-state index in [9.17, 15) is 4.79 Å². The number of esters is 1. The number of aliphatic imine (C=N–C) groups is 1. The van der Waals surface area contributed by atoms with Crippen LogP contribution in [-0.4, -0.2) is 18.3 Å². The van der Waals surface area contributed by atoms with Gasteiger partial charge < -0.3 is 4.74 Å². The van der Waals surface area contributed by atoms with Gasteiger partial charge in [0.05, 0.1) is 13.2 Å². The monoisotopic (exact) mass is 267 g/mol. The predicted octanol–water partition coefficient (Wildman–Crippen LogP) is 3.24. The zero-order valence-electron chi connectivity index (χ0n) is 11.5. The van der Waals surface area contributed by atoms with Crippen molar-refractivity contribution in [2.75, 3.05) is 6.61 Å². The van der Waals surface area contributed by atoms with Gasteiger partial charge in [0.1, 0.15) is 0 Å². The van der Waals surface area contributed by atoms with E-state index in [0.717, 1.165) is 11.1 Å². The van der Waals surface area contributed by atoms with Gasteiger partial charge in [-0.05, 0) is 12.5 Å². The summed E-state index contributed by atoms with van der Waals surface area (Å²) < 4.78 is 5.08. The van der Waals surface area contributed by atoms with Gasteiger partial charge in [0.25, 0.3) is 0 Å². The van der Waals surface area contributed by atoms with Crippen molar-refractivity contribution < 1.29 is 9.53 Å². The maximum atomic E-state index is 12.0. The van der Waals surface area contributed by atoms with E-state index in [1.807, 2.05) is 60.7 Å². The number of rotatable bonds is 5. The molecule has 20 heavy (non-hydrogen) atoms. The molecule has 3 nitrogen and oxygen atoms in total. The van der Waals surface area contributed by atoms with Crippen LogP contribution in [0.25, 0.3) is 0 Å². The second kappa shape index (κ2) is 7.24. The Hall–Kier alpha value is -2.42. The number of ether oxygens (including phenoxy) is 1. The normalized spacial score (nSPS) is 11.2. The molecule has 0 amide bonds. The molecular formula is C17H17NO2. The van der Waals surface area contributed by atoms with Gasteiger partial charge in [-0.3, -0.25) is 4.99 Å². The van der Waals surface area contributed by atoms with E-state index in [4.69, 9.17) is 4.74 Å². The molecule has 0 bridgehead atoms. The highest BCUT2D eigenvalue weighted by Crippen LogP contribution is 2.07. The average Bonchev–Trinajstić information content (AvgIpc) is 2.50. The maximum absolute atomic E-state index is 12.0. The van der Waals surface area contributed by atoms with E-state index >= 15 is 0 Å². The Kier molecular flexibility index (Phi) is 5.07. The molecule has 0 saturated heterocycles. The van der Waals surface area contributed by atoms with Gasteiger partial charge in [-0.1, -0.05) is 60.7 Å². The summed E-state index contributed by atoms with van der Waals surface area (Å²) in [6.45, 7) is 2.59. The van der Waals surface area contributed by atoms with E-state index in [2.05, 4.69) is 4.99 Å². The Bertz CT molecular complexity index is 576. The smallest absolute Gasteiger partial charge is 0.357 e. The van der Waals surface area contributed by atoms with Crippen molar-refractivity contribution in [3.8, 4) is 0 Å². The first-order valence-electron chi connectivity index (χ1n) is 6.62. The SMILES string of the molecule is CCOC(=O)C(=NCc1ccccc1)c1ccccc1. The Labute approximate surface area is 118 Å². The molecule has 0 N–H and O–H groups in total. The van der Waals surface area contributed by atoms with Crippen LogP contribution in [0.5, 0.6) is 0 Å². The molecule has 0 saturated carbocycles. The first kappa shape index (κ1) is 14.0. The summed E-state index contributed by atoms with van der Waals surface area (Å²) >= 11 is 0. The molecular weight excluding hydrogens is 250 g/mol. The zero-order chi connectivity index (χ0) is 14.2. The van der Waals surface area contributed by atoms with Gasteiger partial charge in [0.15, 0.2) is 5.71 Å². The molecule has 0 heterocycles. The van der Waals surface area contributed by atoms with Crippen molar-refractivity contribution in [1.29, 1.82) is 0 Å². The molecule has 102 valence electrons. The van der Waals surface area contributed by atoms with Gasteiger partial charge >= 0.3 is 5.97 Å². The van der Waals surface area contributed by atoms with E-state index in [0.29, 0.717) is 18.9 Å². The fourth-order valence-corrected chi connectivity index (χ4v) is 1.82. The molecule has 2 aromatic carbocycles. The lowest BCUT2D eigenvalue weighted by molar-refractivity contribution is -0.134. The fourth-order valence-electron chi connectivity index (χ4n) is 1.82. The molecule has 0 radical (unpaired) electrons. The lowest BCUT2D eigenvalue weighted by atomic mass is 10.1. The predicted molar refractivity (Wildman–Crippen MR) is 79.8 cm³/mol. The molecule has 0 spiro atoms. The second-order valence-corrected chi connectivity index (χ2v) is 4.24. The third kappa shape index (κ3) is 3.79. The van der Waals surface area contributed by atoms with Crippen molar-refractivity contribution in [2.45, 2.75) is 13.5 Å². The Morgan fingerprint density at radius 1 is 1.00 bits per heavy atom. The Morgan fingerprint density at radius 2 is 1.60 bits per heavy atom. The summed E-state index contributed by atoms with van der Waals surface area (Å²) in [5.41, 5.74) is 2.21. The second-order valence-electron chi connectivity index (χ2n) is 4.24. The zero-order valence-corrected chi connectivity index (χ0v) is 11.5. The van der Waals surface area contributed by atoms with E-state index in [-0.39, 0.29) is 5.97 Å². The van der Waals surface area contributed by atoms with Crippen molar-refractivity contribution in [1.82, 2.24) is 0 Å². The average molecular weight is 267 g/mol. The summed E-state index contributed by atoms with van der Waals surface area (Å²) in [4.78, 5) is 16.4. The van der Waals surface area contributed by atoms with Crippen LogP contribution in [-0.2, 0) is 16.1 Å². The summed E-state index contributed by atoms with van der Waals surface area (Å²) in [7, 11) is 0. The maximum Gasteiger partial charge on any atom is 0.357 e. The van der Waals surface area contributed by atoms with Gasteiger partial charge in [-0.25, -0.2) is 4.79 Å². The summed E-state index contributed by atoms with van der Waals surface area (Å²) in [6.07, 6.45) is 0. The molecule has 0 aliphatic rings. The van der Waals surface area contributed by atoms with Crippen molar-refractivity contribution in [2.24, 2.45) is 4.99 Å². The van der Waals surface area contributed by atoms with Crippen molar-refractivity contribution >= 4 is 11.7 Å². The van der Waals surface area contributed by atoms with E-state index in [1.165, 1.54) is 0 Å². The van der Waals surface area contributed by atoms with Crippen LogP contribution in [0, 0.1) is 0 Å². The van der Waals surface area contributed by atoms with Crippen LogP contribution < -0.4 is 0 Å². The summed E-state index contributed by atoms with van der Waals surface area (Å²) in [5.74, 6) is -0.380. The lowest BCUT2D eigenvalue weighted by Crippen LogP contribution is -2.19. The number of carbonyl (C=O) groups excluding carboxylic acids is 1. The highest BCUT2D eigenvalue weighted by atomic mass is 16.5. The minimum absolute atomic E-state index is 0.343. The van der Waals surface area contributed by atoms with E-state index < -0.39 is 0 Å². The van der Waals surface area contributed by atoms with Crippen LogP contribution in [0.4, 0.5) is 0 Å². The lowest BCUT2D eigenvalue weighted by Gasteiger charge is -2.06. The van der Waals surface area contributed by atoms with E-state index in [1.54, 1.807) is 6.92 Å². The highest BCUT2D eigenvalue weighted by molar-refractivity contribution is 6.43. The molecule has 0 aliphatic carbocycles. The first-order chi connectivity index (χ1) is 9.81. The molecule has 3 heteroatoms. The van der Waals surface area contributed by atoms with Gasteiger partial charge in [-0.15, -0.1) is 0 Å². The van der Waals surface area contributed by atoms with Crippen molar-refractivity contribution in [3.63, 3.8) is 0 Å². The number of hydrogen-bond donors (Lipinski definition) is 0. The minimum Gasteiger partial charge on any atom is -0.461 e. The molecule has 0 fully saturated rings. The van der Waals surface area contributed by atoms with Crippen LogP contribution in [0.15, 0.2) is 65.7 Å². The molecule has 0 aromatic heterocycles. The molecule has 0 unspecified atom stereocenters. The first-order valence-corrected chi connectivity index (χ1v) is 6.62. The van der Waals surface area contributed by atoms with Crippen molar-refractivity contribution in [3.05, 3.63) is 71.8 Å². The Balaban J connectivity index is 2.25. The largest absolute Gasteiger partial charge is 0.461 e. The topological polar surface area (TPSA) is 38.7 Å². The number of benzene rings is 2. The standard InChI is InChI=1S/C17H17NO2/c1-2-20-17(19)16(15-11-7-4-8-12-15)18-13-14-9-5-3-6-10-14/h3-12H,2,13H2,1H3. The third-order valence-corrected chi connectivity index (χ3v) is 2.78. The molecule has 0 atom stereocenters. The fraction of sp³-hybridized carbons (Fsp3) is 0.176. The summed E-state index contributed by atoms with van der Waals surface area (Å²) in [6, 6.07) is 19.2. The molecule has 0 aliphatic heterocycles. The Morgan fingerprint density at radius 3 is 2.20 bits per heavy atom. The van der Waals surface area contributed by atoms with Gasteiger partial charge in [0.2, 0.25) is 0 Å². The van der Waals surface area contributed by atoms with Gasteiger partial charge in [-0.2, -0.15) is 0 Å². The number of hydrogen-bond acceptors (Lipinski definition) is 3. The minimum atomic E-state index is -0.380.